The van der Waals surface area contributed by atoms with Crippen LogP contribution in [0.3, 0.4) is 0 Å². The molecule has 2 aromatic carbocycles. The number of carbonyl (C=O) groups is 7. The van der Waals surface area contributed by atoms with Crippen LogP contribution in [-0.2, 0) is 40.1 Å². The topological polar surface area (TPSA) is 218 Å². The third kappa shape index (κ3) is 13.6. The fourth-order valence-corrected chi connectivity index (χ4v) is 7.87. The molecule has 0 bridgehead atoms. The van der Waals surface area contributed by atoms with E-state index in [0.717, 1.165) is 57.5 Å². The van der Waals surface area contributed by atoms with E-state index in [0.29, 0.717) is 24.2 Å². The Morgan fingerprint density at radius 1 is 0.918 bits per heavy atom. The van der Waals surface area contributed by atoms with Crippen LogP contribution in [0.2, 0.25) is 0 Å². The van der Waals surface area contributed by atoms with Gasteiger partial charge in [0.15, 0.2) is 0 Å². The SMILES string of the molecule is CC(C)(C)[C@H](c1cc(-c2cc(F)ccc2F)cn1Cc1ccccc1)N(CCCN)C(=O)CSCCC(=O)N(CCNC(=O)CN1C(=O)C=CC1=O)[C@@H](CCC(N)=O)C(=O)O. The number of carboxylic acids is 1. The molecule has 0 fully saturated rings. The number of nitrogens with zero attached hydrogens (tertiary/aromatic N) is 4. The Morgan fingerprint density at radius 2 is 1.61 bits per heavy atom. The molecule has 1 aromatic heterocycles. The fourth-order valence-electron chi connectivity index (χ4n) is 7.06. The van der Waals surface area contributed by atoms with E-state index in [-0.39, 0.29) is 68.4 Å². The molecule has 2 heterocycles. The maximum absolute atomic E-state index is 15.2. The van der Waals surface area contributed by atoms with Gasteiger partial charge in [-0.15, -0.1) is 0 Å². The van der Waals surface area contributed by atoms with Gasteiger partial charge in [0, 0.05) is 79.9 Å². The number of aliphatic carboxylic acids is 1. The molecule has 3 aromatic rings. The summed E-state index contributed by atoms with van der Waals surface area (Å²) in [5, 5.41) is 12.5. The predicted molar refractivity (Wildman–Crippen MR) is 225 cm³/mol. The van der Waals surface area contributed by atoms with Gasteiger partial charge in [0.25, 0.3) is 11.8 Å². The van der Waals surface area contributed by atoms with Gasteiger partial charge in [-0.2, -0.15) is 11.8 Å². The third-order valence-corrected chi connectivity index (χ3v) is 10.9. The molecule has 6 amide bonds. The van der Waals surface area contributed by atoms with Gasteiger partial charge in [-0.25, -0.2) is 13.6 Å². The molecule has 0 unspecified atom stereocenters. The summed E-state index contributed by atoms with van der Waals surface area (Å²) in [7, 11) is 0. The molecule has 1 aliphatic heterocycles. The number of primary amides is 1. The highest BCUT2D eigenvalue weighted by Crippen LogP contribution is 2.41. The monoisotopic (exact) mass is 865 g/mol. The smallest absolute Gasteiger partial charge is 0.326 e. The van der Waals surface area contributed by atoms with Crippen LogP contribution in [0.4, 0.5) is 8.78 Å². The summed E-state index contributed by atoms with van der Waals surface area (Å²) in [6.45, 7) is 5.78. The zero-order valence-corrected chi connectivity index (χ0v) is 35.3. The summed E-state index contributed by atoms with van der Waals surface area (Å²) in [6, 6.07) is 12.6. The van der Waals surface area contributed by atoms with Crippen molar-refractivity contribution in [3.8, 4) is 11.1 Å². The van der Waals surface area contributed by atoms with E-state index in [1.54, 1.807) is 17.2 Å². The van der Waals surface area contributed by atoms with E-state index in [9.17, 15) is 43.1 Å². The first-order valence-corrected chi connectivity index (χ1v) is 20.9. The number of carbonyl (C=O) groups excluding carboxylic acids is 6. The zero-order chi connectivity index (χ0) is 44.9. The van der Waals surface area contributed by atoms with Gasteiger partial charge in [0.05, 0.1) is 11.8 Å². The van der Waals surface area contributed by atoms with E-state index >= 15 is 4.39 Å². The van der Waals surface area contributed by atoms with Crippen molar-refractivity contribution in [1.82, 2.24) is 24.6 Å². The number of halogens is 2. The Balaban J connectivity index is 1.53. The number of amides is 6. The molecule has 6 N–H and O–H groups in total. The Kier molecular flexibility index (Phi) is 17.3. The van der Waals surface area contributed by atoms with E-state index < -0.39 is 71.2 Å². The second-order valence-corrected chi connectivity index (χ2v) is 16.7. The minimum absolute atomic E-state index is 0.0713. The molecule has 328 valence electrons. The van der Waals surface area contributed by atoms with Gasteiger partial charge in [-0.05, 0) is 54.6 Å². The summed E-state index contributed by atoms with van der Waals surface area (Å²) >= 11 is 1.16. The standard InChI is InChI=1S/C43H53F2N7O8S/c1-43(2,3)41(34-22-29(31-23-30(44)10-11-32(31)45)25-49(34)24-28-8-5-4-6-9-28)51(19-7-17-46)40(58)27-61-21-16-39(57)50(33(42(59)60)12-13-35(47)53)20-18-48-36(54)26-52-37(55)14-15-38(52)56/h4-6,8-11,14-15,22-23,25,33,41H,7,12-13,16-21,24,26-27,46H2,1-3H3,(H2,47,53)(H,48,54)(H,59,60)/t33-,41-/m0/s1. The zero-order valence-electron chi connectivity index (χ0n) is 34.5. The number of carboxylic acid groups (broad SMARTS) is 1. The summed E-state index contributed by atoms with van der Waals surface area (Å²) in [5.41, 5.74) is 12.8. The molecule has 61 heavy (non-hydrogen) atoms. The lowest BCUT2D eigenvalue weighted by atomic mass is 9.83. The Bertz CT molecular complexity index is 2090. The Morgan fingerprint density at radius 3 is 2.23 bits per heavy atom. The molecule has 15 nitrogen and oxygen atoms in total. The van der Waals surface area contributed by atoms with Crippen LogP contribution in [-0.4, -0.2) is 116 Å². The lowest BCUT2D eigenvalue weighted by Gasteiger charge is -2.41. The van der Waals surface area contributed by atoms with Crippen molar-refractivity contribution in [3.63, 3.8) is 0 Å². The molecule has 2 atom stereocenters. The van der Waals surface area contributed by atoms with E-state index in [4.69, 9.17) is 11.5 Å². The van der Waals surface area contributed by atoms with Crippen molar-refractivity contribution < 1.29 is 47.4 Å². The number of rotatable bonds is 23. The highest BCUT2D eigenvalue weighted by Gasteiger charge is 2.37. The van der Waals surface area contributed by atoms with Gasteiger partial charge < -0.3 is 36.3 Å². The molecular weight excluding hydrogens is 813 g/mol. The number of nitrogens with two attached hydrogens (primary N) is 2. The van der Waals surface area contributed by atoms with Gasteiger partial charge in [-0.3, -0.25) is 33.7 Å². The number of benzene rings is 2. The lowest BCUT2D eigenvalue weighted by Crippen LogP contribution is -2.49. The van der Waals surface area contributed by atoms with Crippen LogP contribution >= 0.6 is 11.8 Å². The van der Waals surface area contributed by atoms with Crippen LogP contribution in [0.5, 0.6) is 0 Å². The van der Waals surface area contributed by atoms with Crippen LogP contribution in [0, 0.1) is 17.0 Å². The van der Waals surface area contributed by atoms with Gasteiger partial charge >= 0.3 is 5.97 Å². The number of aromatic nitrogens is 1. The van der Waals surface area contributed by atoms with Crippen molar-refractivity contribution in [2.45, 2.75) is 65.1 Å². The number of hydrogen-bond donors (Lipinski definition) is 4. The number of thioether (sulfide) groups is 1. The summed E-state index contributed by atoms with van der Waals surface area (Å²) in [4.78, 5) is 91.5. The van der Waals surface area contributed by atoms with E-state index in [1.165, 1.54) is 0 Å². The maximum atomic E-state index is 15.2. The normalized spacial score (nSPS) is 13.6. The van der Waals surface area contributed by atoms with Crippen molar-refractivity contribution in [2.24, 2.45) is 16.9 Å². The van der Waals surface area contributed by atoms with Gasteiger partial charge in [0.1, 0.15) is 24.2 Å². The molecule has 0 saturated heterocycles. The number of nitrogens with one attached hydrogen (secondary N) is 1. The molecule has 18 heteroatoms. The second kappa shape index (κ2) is 22.1. The second-order valence-electron chi connectivity index (χ2n) is 15.6. The average Bonchev–Trinajstić information content (AvgIpc) is 3.75. The Hall–Kier alpha value is -5.88. The summed E-state index contributed by atoms with van der Waals surface area (Å²) < 4.78 is 31.5. The minimum atomic E-state index is -1.47. The molecule has 1 aliphatic rings. The molecule has 0 radical (unpaired) electrons. The molecule has 4 rings (SSSR count). The van der Waals surface area contributed by atoms with Gasteiger partial charge in [-0.1, -0.05) is 51.1 Å². The fraction of sp³-hybridized carbons (Fsp3) is 0.419. The summed E-state index contributed by atoms with van der Waals surface area (Å²) in [5.74, 6) is -6.27. The maximum Gasteiger partial charge on any atom is 0.326 e. The average molecular weight is 866 g/mol. The first-order chi connectivity index (χ1) is 28.9. The quantitative estimate of drug-likeness (QED) is 0.0804. The van der Waals surface area contributed by atoms with Crippen LogP contribution < -0.4 is 16.8 Å². The lowest BCUT2D eigenvalue weighted by molar-refractivity contribution is -0.150. The highest BCUT2D eigenvalue weighted by atomic mass is 32.2. The molecule has 0 saturated carbocycles. The molecule has 0 aliphatic carbocycles. The third-order valence-electron chi connectivity index (χ3n) is 9.91. The van der Waals surface area contributed by atoms with E-state index in [2.05, 4.69) is 5.32 Å². The Labute approximate surface area is 357 Å². The molecular formula is C43H53F2N7O8S. The van der Waals surface area contributed by atoms with Crippen LogP contribution in [0.1, 0.15) is 63.8 Å². The first-order valence-electron chi connectivity index (χ1n) is 19.8. The van der Waals surface area contributed by atoms with Crippen LogP contribution in [0.15, 0.2) is 72.9 Å². The van der Waals surface area contributed by atoms with Crippen LogP contribution in [0.25, 0.3) is 11.1 Å². The van der Waals surface area contributed by atoms with Crippen molar-refractivity contribution in [1.29, 1.82) is 0 Å². The predicted octanol–water partition coefficient (Wildman–Crippen LogP) is 3.46. The van der Waals surface area contributed by atoms with Crippen molar-refractivity contribution in [2.75, 3.05) is 44.2 Å². The largest absolute Gasteiger partial charge is 0.480 e. The van der Waals surface area contributed by atoms with Crippen molar-refractivity contribution in [3.05, 3.63) is 95.8 Å². The minimum Gasteiger partial charge on any atom is -0.480 e. The number of hydrogen-bond acceptors (Lipinski definition) is 9. The van der Waals surface area contributed by atoms with Crippen molar-refractivity contribution >= 4 is 53.2 Å². The molecule has 0 spiro atoms. The summed E-state index contributed by atoms with van der Waals surface area (Å²) in [6.07, 6.45) is 3.44. The first kappa shape index (κ1) is 47.8. The van der Waals surface area contributed by atoms with E-state index in [1.807, 2.05) is 55.7 Å². The van der Waals surface area contributed by atoms with Gasteiger partial charge in [0.2, 0.25) is 23.6 Å². The highest BCUT2D eigenvalue weighted by molar-refractivity contribution is 7.99. The number of imide groups is 1.